The van der Waals surface area contributed by atoms with Crippen LogP contribution < -0.4 is 20.1 Å². The highest BCUT2D eigenvalue weighted by Gasteiger charge is 2.27. The SMILES string of the molecule is CCOc1cc(/C=C2\S[C@H](Nc3ccc(CC)cc3)NC2=O)c(Br)cc1OCc1ccc(Cl)cc1Cl. The lowest BCUT2D eigenvalue weighted by atomic mass is 10.1. The van der Waals surface area contributed by atoms with Crippen molar-refractivity contribution in [3.63, 3.8) is 0 Å². The number of nitrogens with one attached hydrogen (secondary N) is 2. The van der Waals surface area contributed by atoms with Crippen molar-refractivity contribution in [1.82, 2.24) is 5.32 Å². The summed E-state index contributed by atoms with van der Waals surface area (Å²) in [6, 6.07) is 17.2. The van der Waals surface area contributed by atoms with E-state index in [1.165, 1.54) is 17.3 Å². The quantitative estimate of drug-likeness (QED) is 0.242. The highest BCUT2D eigenvalue weighted by Crippen LogP contribution is 2.38. The molecular weight excluding hydrogens is 583 g/mol. The van der Waals surface area contributed by atoms with Crippen LogP contribution in [0.5, 0.6) is 11.5 Å². The van der Waals surface area contributed by atoms with Gasteiger partial charge in [0.1, 0.15) is 6.61 Å². The highest BCUT2D eigenvalue weighted by molar-refractivity contribution is 9.10. The normalized spacial score (nSPS) is 16.2. The van der Waals surface area contributed by atoms with Crippen molar-refractivity contribution in [2.24, 2.45) is 0 Å². The molecule has 0 spiro atoms. The molecule has 0 radical (unpaired) electrons. The van der Waals surface area contributed by atoms with Gasteiger partial charge in [-0.2, -0.15) is 0 Å². The standard InChI is InChI=1S/C27H25BrCl2N2O3S/c1-3-16-5-9-20(10-6-16)31-27-32-26(33)25(36-27)12-18-11-23(34-4-2)24(14-21(18)28)35-15-17-7-8-19(29)13-22(17)30/h5-14,27,31H,3-4,15H2,1-2H3,(H,32,33)/b25-12-/t27-/m1/s1. The summed E-state index contributed by atoms with van der Waals surface area (Å²) in [6.07, 6.45) is 2.83. The third kappa shape index (κ3) is 6.71. The van der Waals surface area contributed by atoms with E-state index in [0.29, 0.717) is 33.1 Å². The van der Waals surface area contributed by atoms with E-state index in [1.807, 2.05) is 43.3 Å². The molecule has 0 bridgehead atoms. The van der Waals surface area contributed by atoms with Crippen molar-refractivity contribution >= 4 is 68.6 Å². The second-order valence-electron chi connectivity index (χ2n) is 7.95. The van der Waals surface area contributed by atoms with E-state index >= 15 is 0 Å². The number of benzene rings is 3. The van der Waals surface area contributed by atoms with E-state index in [2.05, 4.69) is 45.6 Å². The topological polar surface area (TPSA) is 59.6 Å². The van der Waals surface area contributed by atoms with Crippen LogP contribution in [0, 0.1) is 0 Å². The third-order valence-electron chi connectivity index (χ3n) is 5.44. The molecule has 2 N–H and O–H groups in total. The van der Waals surface area contributed by atoms with Crippen molar-refractivity contribution in [2.75, 3.05) is 11.9 Å². The van der Waals surface area contributed by atoms with Crippen LogP contribution in [0.15, 0.2) is 64.0 Å². The fourth-order valence-electron chi connectivity index (χ4n) is 3.53. The van der Waals surface area contributed by atoms with Crippen LogP contribution in [0.25, 0.3) is 6.08 Å². The fourth-order valence-corrected chi connectivity index (χ4v) is 5.41. The van der Waals surface area contributed by atoms with Crippen molar-refractivity contribution in [3.05, 3.63) is 90.7 Å². The van der Waals surface area contributed by atoms with Crippen LogP contribution in [0.1, 0.15) is 30.5 Å². The van der Waals surface area contributed by atoms with Gasteiger partial charge >= 0.3 is 0 Å². The van der Waals surface area contributed by atoms with Gasteiger partial charge in [-0.15, -0.1) is 0 Å². The number of amides is 1. The van der Waals surface area contributed by atoms with Gasteiger partial charge in [0, 0.05) is 25.8 Å². The molecule has 1 aliphatic rings. The van der Waals surface area contributed by atoms with Crippen LogP contribution in [0.2, 0.25) is 10.0 Å². The molecule has 0 unspecified atom stereocenters. The van der Waals surface area contributed by atoms with E-state index in [-0.39, 0.29) is 18.0 Å². The predicted octanol–water partition coefficient (Wildman–Crippen LogP) is 7.90. The molecule has 1 aliphatic heterocycles. The summed E-state index contributed by atoms with van der Waals surface area (Å²) in [4.78, 5) is 13.2. The number of halogens is 3. The minimum atomic E-state index is -0.256. The van der Waals surface area contributed by atoms with Crippen LogP contribution in [0.4, 0.5) is 5.69 Å². The smallest absolute Gasteiger partial charge is 0.260 e. The number of hydrogen-bond acceptors (Lipinski definition) is 5. The number of anilines is 1. The zero-order chi connectivity index (χ0) is 25.7. The van der Waals surface area contributed by atoms with Crippen LogP contribution in [0.3, 0.4) is 0 Å². The Hall–Kier alpha value is -2.32. The number of carbonyl (C=O) groups excluding carboxylic acids is 1. The molecule has 1 heterocycles. The molecule has 36 heavy (non-hydrogen) atoms. The third-order valence-corrected chi connectivity index (χ3v) is 7.74. The summed E-state index contributed by atoms with van der Waals surface area (Å²) < 4.78 is 12.6. The first-order chi connectivity index (χ1) is 17.4. The molecule has 0 aliphatic carbocycles. The lowest BCUT2D eigenvalue weighted by Gasteiger charge is -2.15. The molecule has 1 atom stereocenters. The zero-order valence-electron chi connectivity index (χ0n) is 19.7. The van der Waals surface area contributed by atoms with E-state index in [0.717, 1.165) is 27.7 Å². The molecular formula is C27H25BrCl2N2O3S. The van der Waals surface area contributed by atoms with Gasteiger partial charge in [-0.05, 0) is 66.9 Å². The van der Waals surface area contributed by atoms with Crippen LogP contribution in [-0.2, 0) is 17.8 Å². The zero-order valence-corrected chi connectivity index (χ0v) is 23.7. The minimum Gasteiger partial charge on any atom is -0.490 e. The summed E-state index contributed by atoms with van der Waals surface area (Å²) in [5.41, 5.74) is 3.58. The molecule has 5 nitrogen and oxygen atoms in total. The van der Waals surface area contributed by atoms with Gasteiger partial charge in [0.05, 0.1) is 11.5 Å². The van der Waals surface area contributed by atoms with Crippen molar-refractivity contribution < 1.29 is 14.3 Å². The summed E-state index contributed by atoms with van der Waals surface area (Å²) in [7, 11) is 0. The van der Waals surface area contributed by atoms with Gasteiger partial charge < -0.3 is 20.1 Å². The molecule has 0 aromatic heterocycles. The molecule has 1 fully saturated rings. The van der Waals surface area contributed by atoms with Gasteiger partial charge in [-0.1, -0.05) is 76.0 Å². The molecule has 188 valence electrons. The second kappa shape index (κ2) is 12.3. The maximum atomic E-state index is 12.7. The van der Waals surface area contributed by atoms with Crippen molar-refractivity contribution in [2.45, 2.75) is 32.4 Å². The Morgan fingerprint density at radius 3 is 2.50 bits per heavy atom. The van der Waals surface area contributed by atoms with Gasteiger partial charge in [-0.25, -0.2) is 0 Å². The second-order valence-corrected chi connectivity index (χ2v) is 10.8. The number of carbonyl (C=O) groups is 1. The number of rotatable bonds is 9. The first-order valence-corrected chi connectivity index (χ1v) is 13.9. The van der Waals surface area contributed by atoms with Gasteiger partial charge in [-0.3, -0.25) is 4.79 Å². The Balaban J connectivity index is 1.50. The summed E-state index contributed by atoms with van der Waals surface area (Å²) in [5.74, 6) is 1.01. The van der Waals surface area contributed by atoms with Gasteiger partial charge in [0.25, 0.3) is 5.91 Å². The molecule has 4 rings (SSSR count). The highest BCUT2D eigenvalue weighted by atomic mass is 79.9. The molecule has 0 saturated carbocycles. The Morgan fingerprint density at radius 1 is 1.06 bits per heavy atom. The molecule has 3 aromatic carbocycles. The van der Waals surface area contributed by atoms with E-state index in [1.54, 1.807) is 12.1 Å². The Bertz CT molecular complexity index is 1280. The summed E-state index contributed by atoms with van der Waals surface area (Å²) in [5, 5.41) is 7.43. The molecule has 1 saturated heterocycles. The first-order valence-electron chi connectivity index (χ1n) is 11.4. The predicted molar refractivity (Wildman–Crippen MR) is 153 cm³/mol. The number of hydrogen-bond donors (Lipinski definition) is 2. The maximum Gasteiger partial charge on any atom is 0.260 e. The Kier molecular flexibility index (Phi) is 9.12. The Labute approximate surface area is 233 Å². The molecule has 9 heteroatoms. The number of aryl methyl sites for hydroxylation is 1. The first kappa shape index (κ1) is 26.7. The van der Waals surface area contributed by atoms with E-state index in [4.69, 9.17) is 32.7 Å². The fraction of sp³-hybridized carbons (Fsp3) is 0.222. The minimum absolute atomic E-state index is 0.134. The van der Waals surface area contributed by atoms with E-state index < -0.39 is 0 Å². The van der Waals surface area contributed by atoms with Crippen LogP contribution >= 0.6 is 50.9 Å². The lowest BCUT2D eigenvalue weighted by molar-refractivity contribution is -0.116. The van der Waals surface area contributed by atoms with Gasteiger partial charge in [0.2, 0.25) is 0 Å². The van der Waals surface area contributed by atoms with Gasteiger partial charge in [0.15, 0.2) is 17.0 Å². The lowest BCUT2D eigenvalue weighted by Crippen LogP contribution is -2.30. The number of thioether (sulfide) groups is 1. The summed E-state index contributed by atoms with van der Waals surface area (Å²) >= 11 is 17.3. The van der Waals surface area contributed by atoms with E-state index in [9.17, 15) is 4.79 Å². The summed E-state index contributed by atoms with van der Waals surface area (Å²) in [6.45, 7) is 4.75. The number of ether oxygens (including phenoxy) is 2. The maximum absolute atomic E-state index is 12.7. The largest absolute Gasteiger partial charge is 0.490 e. The van der Waals surface area contributed by atoms with Crippen molar-refractivity contribution in [3.8, 4) is 11.5 Å². The average Bonchev–Trinajstić information content (AvgIpc) is 3.19. The van der Waals surface area contributed by atoms with Crippen molar-refractivity contribution in [1.29, 1.82) is 0 Å². The van der Waals surface area contributed by atoms with Crippen LogP contribution in [-0.4, -0.2) is 18.0 Å². The molecule has 3 aromatic rings. The monoisotopic (exact) mass is 606 g/mol. The molecule has 1 amide bonds. The average molecular weight is 608 g/mol. The Morgan fingerprint density at radius 2 is 1.81 bits per heavy atom.